The average Bonchev–Trinajstić information content (AvgIpc) is 2.23. The van der Waals surface area contributed by atoms with Gasteiger partial charge in [-0.1, -0.05) is 31.1 Å². The Labute approximate surface area is 93.0 Å². The van der Waals surface area contributed by atoms with Crippen molar-refractivity contribution in [1.29, 1.82) is 0 Å². The Morgan fingerprint density at radius 1 is 1.20 bits per heavy atom. The molecule has 0 fully saturated rings. The summed E-state index contributed by atoms with van der Waals surface area (Å²) in [6, 6.07) is 0. The van der Waals surface area contributed by atoms with Gasteiger partial charge in [-0.2, -0.15) is 0 Å². The van der Waals surface area contributed by atoms with Crippen LogP contribution in [0.1, 0.15) is 47.0 Å². The maximum atomic E-state index is 11.2. The lowest BCUT2D eigenvalue weighted by atomic mass is 10.1. The molecule has 0 radical (unpaired) electrons. The van der Waals surface area contributed by atoms with E-state index in [1.165, 1.54) is 18.4 Å². The third kappa shape index (κ3) is 6.95. The van der Waals surface area contributed by atoms with Crippen LogP contribution >= 0.6 is 0 Å². The van der Waals surface area contributed by atoms with Gasteiger partial charge in [0.1, 0.15) is 0 Å². The van der Waals surface area contributed by atoms with Gasteiger partial charge in [-0.3, -0.25) is 0 Å². The topological polar surface area (TPSA) is 26.3 Å². The standard InChI is InChI=1S/C13H22O2/c1-5-7-8-11(3)9-10-12(4)13(14)15-6-2/h9-10H,5-8H2,1-4H3/b11-9+,12-10+. The van der Waals surface area contributed by atoms with Gasteiger partial charge < -0.3 is 4.74 Å². The molecule has 86 valence electrons. The van der Waals surface area contributed by atoms with E-state index < -0.39 is 0 Å². The fraction of sp³-hybridized carbons (Fsp3) is 0.615. The summed E-state index contributed by atoms with van der Waals surface area (Å²) in [6.07, 6.45) is 7.34. The molecular weight excluding hydrogens is 188 g/mol. The molecule has 0 aromatic rings. The van der Waals surface area contributed by atoms with Crippen LogP contribution in [-0.4, -0.2) is 12.6 Å². The maximum Gasteiger partial charge on any atom is 0.333 e. The molecular formula is C13H22O2. The van der Waals surface area contributed by atoms with Crippen LogP contribution in [0.5, 0.6) is 0 Å². The van der Waals surface area contributed by atoms with Gasteiger partial charge in [0.05, 0.1) is 6.61 Å². The smallest absolute Gasteiger partial charge is 0.333 e. The van der Waals surface area contributed by atoms with E-state index in [1.807, 2.05) is 19.1 Å². The van der Waals surface area contributed by atoms with Crippen LogP contribution in [0.3, 0.4) is 0 Å². The minimum atomic E-state index is -0.225. The van der Waals surface area contributed by atoms with Crippen LogP contribution in [0.2, 0.25) is 0 Å². The monoisotopic (exact) mass is 210 g/mol. The number of ether oxygens (including phenoxy) is 1. The number of carbonyl (C=O) groups is 1. The van der Waals surface area contributed by atoms with E-state index in [1.54, 1.807) is 6.92 Å². The number of allylic oxidation sites excluding steroid dienone is 3. The molecule has 0 aromatic heterocycles. The summed E-state index contributed by atoms with van der Waals surface area (Å²) in [7, 11) is 0. The quantitative estimate of drug-likeness (QED) is 0.380. The molecule has 0 amide bonds. The van der Waals surface area contributed by atoms with Crippen LogP contribution in [-0.2, 0) is 9.53 Å². The molecule has 2 nitrogen and oxygen atoms in total. The predicted molar refractivity (Wildman–Crippen MR) is 63.7 cm³/mol. The van der Waals surface area contributed by atoms with Crippen LogP contribution in [0.4, 0.5) is 0 Å². The van der Waals surface area contributed by atoms with Crippen LogP contribution in [0.25, 0.3) is 0 Å². The summed E-state index contributed by atoms with van der Waals surface area (Å²) >= 11 is 0. The molecule has 0 N–H and O–H groups in total. The van der Waals surface area contributed by atoms with Gasteiger partial charge in [-0.15, -0.1) is 0 Å². The summed E-state index contributed by atoms with van der Waals surface area (Å²) in [5.74, 6) is -0.225. The zero-order chi connectivity index (χ0) is 11.7. The van der Waals surface area contributed by atoms with Crippen molar-refractivity contribution >= 4 is 5.97 Å². The highest BCUT2D eigenvalue weighted by Crippen LogP contribution is 2.07. The third-order valence-electron chi connectivity index (χ3n) is 2.14. The molecule has 0 aliphatic rings. The normalized spacial score (nSPS) is 12.8. The van der Waals surface area contributed by atoms with Crippen molar-refractivity contribution in [3.63, 3.8) is 0 Å². The molecule has 15 heavy (non-hydrogen) atoms. The van der Waals surface area contributed by atoms with Gasteiger partial charge in [-0.05, 0) is 33.6 Å². The lowest BCUT2D eigenvalue weighted by Crippen LogP contribution is -2.04. The first-order chi connectivity index (χ1) is 7.11. The Morgan fingerprint density at radius 3 is 2.40 bits per heavy atom. The van der Waals surface area contributed by atoms with Crippen LogP contribution < -0.4 is 0 Å². The minimum absolute atomic E-state index is 0.225. The number of esters is 1. The lowest BCUT2D eigenvalue weighted by molar-refractivity contribution is -0.138. The second kappa shape index (κ2) is 8.27. The SMILES string of the molecule is CCCC/C(C)=C/C=C(\C)C(=O)OCC. The molecule has 0 aromatic carbocycles. The van der Waals surface area contributed by atoms with Crippen molar-refractivity contribution in [2.75, 3.05) is 6.61 Å². The first-order valence-corrected chi connectivity index (χ1v) is 5.63. The average molecular weight is 210 g/mol. The molecule has 0 aliphatic heterocycles. The van der Waals surface area contributed by atoms with Gasteiger partial charge in [0, 0.05) is 5.57 Å². The van der Waals surface area contributed by atoms with Crippen molar-refractivity contribution < 1.29 is 9.53 Å². The highest BCUT2D eigenvalue weighted by Gasteiger charge is 2.02. The zero-order valence-electron chi connectivity index (χ0n) is 10.3. The Hall–Kier alpha value is -1.05. The molecule has 0 heterocycles. The third-order valence-corrected chi connectivity index (χ3v) is 2.14. The molecule has 0 unspecified atom stereocenters. The number of hydrogen-bond acceptors (Lipinski definition) is 2. The second-order valence-electron chi connectivity index (χ2n) is 3.69. The molecule has 0 aliphatic carbocycles. The number of unbranched alkanes of at least 4 members (excludes halogenated alkanes) is 1. The molecule has 0 saturated carbocycles. The first kappa shape index (κ1) is 13.9. The van der Waals surface area contributed by atoms with Gasteiger partial charge in [0.15, 0.2) is 0 Å². The largest absolute Gasteiger partial charge is 0.463 e. The number of hydrogen-bond donors (Lipinski definition) is 0. The van der Waals surface area contributed by atoms with E-state index in [-0.39, 0.29) is 5.97 Å². The Morgan fingerprint density at radius 2 is 1.87 bits per heavy atom. The van der Waals surface area contributed by atoms with Gasteiger partial charge in [-0.25, -0.2) is 4.79 Å². The Bertz CT molecular complexity index is 249. The summed E-state index contributed by atoms with van der Waals surface area (Å²) in [5, 5.41) is 0. The first-order valence-electron chi connectivity index (χ1n) is 5.63. The number of carbonyl (C=O) groups excluding carboxylic acids is 1. The Kier molecular flexibility index (Phi) is 7.69. The van der Waals surface area contributed by atoms with Gasteiger partial charge >= 0.3 is 5.97 Å². The van der Waals surface area contributed by atoms with Crippen molar-refractivity contribution in [2.45, 2.75) is 47.0 Å². The molecule has 0 saturated heterocycles. The van der Waals surface area contributed by atoms with Crippen molar-refractivity contribution in [3.8, 4) is 0 Å². The van der Waals surface area contributed by atoms with Crippen molar-refractivity contribution in [1.82, 2.24) is 0 Å². The minimum Gasteiger partial charge on any atom is -0.463 e. The highest BCUT2D eigenvalue weighted by molar-refractivity contribution is 5.88. The van der Waals surface area contributed by atoms with E-state index in [9.17, 15) is 4.79 Å². The summed E-state index contributed by atoms with van der Waals surface area (Å²) in [6.45, 7) is 8.29. The van der Waals surface area contributed by atoms with Gasteiger partial charge in [0.2, 0.25) is 0 Å². The fourth-order valence-corrected chi connectivity index (χ4v) is 1.12. The molecule has 0 bridgehead atoms. The van der Waals surface area contributed by atoms with Crippen LogP contribution in [0.15, 0.2) is 23.3 Å². The fourth-order valence-electron chi connectivity index (χ4n) is 1.12. The Balaban J connectivity index is 4.17. The maximum absolute atomic E-state index is 11.2. The van der Waals surface area contributed by atoms with E-state index in [0.29, 0.717) is 12.2 Å². The second-order valence-corrected chi connectivity index (χ2v) is 3.69. The van der Waals surface area contributed by atoms with Gasteiger partial charge in [0.25, 0.3) is 0 Å². The molecule has 0 spiro atoms. The van der Waals surface area contributed by atoms with E-state index in [0.717, 1.165) is 6.42 Å². The summed E-state index contributed by atoms with van der Waals surface area (Å²) in [4.78, 5) is 11.2. The van der Waals surface area contributed by atoms with Crippen molar-refractivity contribution in [3.05, 3.63) is 23.3 Å². The molecule has 0 rings (SSSR count). The van der Waals surface area contributed by atoms with Crippen molar-refractivity contribution in [2.24, 2.45) is 0 Å². The molecule has 0 atom stereocenters. The van der Waals surface area contributed by atoms with E-state index in [2.05, 4.69) is 13.8 Å². The predicted octanol–water partition coefficient (Wildman–Crippen LogP) is 3.63. The van der Waals surface area contributed by atoms with E-state index >= 15 is 0 Å². The highest BCUT2D eigenvalue weighted by atomic mass is 16.5. The lowest BCUT2D eigenvalue weighted by Gasteiger charge is -2.00. The zero-order valence-corrected chi connectivity index (χ0v) is 10.3. The molecule has 2 heteroatoms. The summed E-state index contributed by atoms with van der Waals surface area (Å²) in [5.41, 5.74) is 1.97. The van der Waals surface area contributed by atoms with E-state index in [4.69, 9.17) is 4.74 Å². The summed E-state index contributed by atoms with van der Waals surface area (Å²) < 4.78 is 4.88. The van der Waals surface area contributed by atoms with Crippen LogP contribution in [0, 0.1) is 0 Å². The number of rotatable bonds is 6.